The molecule has 1 atom stereocenters. The minimum absolute atomic E-state index is 0.00463. The zero-order valence-electron chi connectivity index (χ0n) is 9.70. The fraction of sp³-hybridized carbons (Fsp3) is 0.417. The number of amidine groups is 1. The molecule has 4 heteroatoms. The number of anilines is 1. The highest BCUT2D eigenvalue weighted by molar-refractivity contribution is 5.79. The second-order valence-electron chi connectivity index (χ2n) is 3.87. The Labute approximate surface area is 95.6 Å². The minimum atomic E-state index is -0.237. The van der Waals surface area contributed by atoms with Gasteiger partial charge in [-0.05, 0) is 31.2 Å². The summed E-state index contributed by atoms with van der Waals surface area (Å²) in [4.78, 5) is 2.07. The molecule has 0 aliphatic carbocycles. The first kappa shape index (κ1) is 12.5. The van der Waals surface area contributed by atoms with E-state index in [1.807, 2.05) is 13.8 Å². The molecule has 0 aromatic heterocycles. The third-order valence-electron chi connectivity index (χ3n) is 2.60. The first-order valence-electron chi connectivity index (χ1n) is 5.39. The summed E-state index contributed by atoms with van der Waals surface area (Å²) in [6.07, 6.45) is 0. The molecule has 0 bridgehead atoms. The number of nitrogens with one attached hydrogen (secondary N) is 1. The average Bonchev–Trinajstić information content (AvgIpc) is 2.26. The van der Waals surface area contributed by atoms with E-state index < -0.39 is 0 Å². The van der Waals surface area contributed by atoms with Crippen LogP contribution in [-0.4, -0.2) is 18.9 Å². The molecular weight excluding hydrogens is 205 g/mol. The van der Waals surface area contributed by atoms with Gasteiger partial charge in [-0.2, -0.15) is 0 Å². The summed E-state index contributed by atoms with van der Waals surface area (Å²) in [6.45, 7) is 5.42. The van der Waals surface area contributed by atoms with Gasteiger partial charge in [-0.15, -0.1) is 0 Å². The lowest BCUT2D eigenvalue weighted by Gasteiger charge is -2.26. The van der Waals surface area contributed by atoms with E-state index in [9.17, 15) is 4.39 Å². The predicted molar refractivity (Wildman–Crippen MR) is 65.4 cm³/mol. The van der Waals surface area contributed by atoms with Crippen molar-refractivity contribution in [2.45, 2.75) is 13.8 Å². The monoisotopic (exact) mass is 223 g/mol. The summed E-state index contributed by atoms with van der Waals surface area (Å²) in [5.74, 6) is -0.0509. The Morgan fingerprint density at radius 3 is 2.44 bits per heavy atom. The first-order chi connectivity index (χ1) is 7.54. The van der Waals surface area contributed by atoms with E-state index in [4.69, 9.17) is 11.1 Å². The van der Waals surface area contributed by atoms with Gasteiger partial charge < -0.3 is 10.6 Å². The fourth-order valence-corrected chi connectivity index (χ4v) is 1.50. The van der Waals surface area contributed by atoms with Crippen molar-refractivity contribution in [1.29, 1.82) is 5.41 Å². The average molecular weight is 223 g/mol. The van der Waals surface area contributed by atoms with Crippen LogP contribution in [0, 0.1) is 17.1 Å². The third kappa shape index (κ3) is 3.22. The molecule has 16 heavy (non-hydrogen) atoms. The Morgan fingerprint density at radius 2 is 2.00 bits per heavy atom. The molecule has 1 rings (SSSR count). The molecule has 0 aliphatic rings. The largest absolute Gasteiger partial charge is 0.387 e. The Kier molecular flexibility index (Phi) is 4.28. The maximum atomic E-state index is 12.8. The van der Waals surface area contributed by atoms with Crippen molar-refractivity contribution in [3.8, 4) is 0 Å². The quantitative estimate of drug-likeness (QED) is 0.594. The van der Waals surface area contributed by atoms with E-state index in [-0.39, 0.29) is 17.6 Å². The van der Waals surface area contributed by atoms with Crippen LogP contribution in [0.2, 0.25) is 0 Å². The Morgan fingerprint density at radius 1 is 1.44 bits per heavy atom. The number of benzene rings is 1. The Hall–Kier alpha value is -1.58. The van der Waals surface area contributed by atoms with Gasteiger partial charge in [-0.25, -0.2) is 4.39 Å². The van der Waals surface area contributed by atoms with Gasteiger partial charge in [0.2, 0.25) is 0 Å². The molecule has 1 aromatic carbocycles. The number of nitrogens with two attached hydrogens (primary N) is 1. The Balaban J connectivity index is 2.74. The van der Waals surface area contributed by atoms with Gasteiger partial charge in [-0.3, -0.25) is 5.41 Å². The highest BCUT2D eigenvalue weighted by Crippen LogP contribution is 2.16. The molecule has 88 valence electrons. The molecule has 1 aromatic rings. The van der Waals surface area contributed by atoms with Crippen molar-refractivity contribution in [2.75, 3.05) is 18.0 Å². The molecule has 0 fully saturated rings. The summed E-state index contributed by atoms with van der Waals surface area (Å²) in [5.41, 5.74) is 6.39. The van der Waals surface area contributed by atoms with E-state index >= 15 is 0 Å². The van der Waals surface area contributed by atoms with Gasteiger partial charge in [-0.1, -0.05) is 6.92 Å². The van der Waals surface area contributed by atoms with Crippen LogP contribution in [0.3, 0.4) is 0 Å². The topological polar surface area (TPSA) is 53.1 Å². The lowest BCUT2D eigenvalue weighted by Crippen LogP contribution is -2.34. The minimum Gasteiger partial charge on any atom is -0.387 e. The molecule has 0 saturated heterocycles. The molecule has 3 N–H and O–H groups in total. The zero-order chi connectivity index (χ0) is 12.1. The van der Waals surface area contributed by atoms with Gasteiger partial charge in [0.15, 0.2) is 0 Å². The van der Waals surface area contributed by atoms with Crippen molar-refractivity contribution in [2.24, 2.45) is 11.7 Å². The molecule has 0 amide bonds. The van der Waals surface area contributed by atoms with Gasteiger partial charge in [0.25, 0.3) is 0 Å². The maximum Gasteiger partial charge on any atom is 0.123 e. The van der Waals surface area contributed by atoms with Crippen molar-refractivity contribution >= 4 is 11.5 Å². The lowest BCUT2D eigenvalue weighted by molar-refractivity contribution is 0.626. The number of rotatable bonds is 5. The molecule has 0 radical (unpaired) electrons. The molecule has 0 saturated carbocycles. The zero-order valence-corrected chi connectivity index (χ0v) is 9.70. The number of hydrogen-bond acceptors (Lipinski definition) is 2. The summed E-state index contributed by atoms with van der Waals surface area (Å²) in [6, 6.07) is 6.37. The third-order valence-corrected chi connectivity index (χ3v) is 2.60. The molecule has 0 heterocycles. The molecule has 0 aliphatic heterocycles. The SMILES string of the molecule is CCN(CC(C)C(=N)N)c1ccc(F)cc1. The fourth-order valence-electron chi connectivity index (χ4n) is 1.50. The summed E-state index contributed by atoms with van der Waals surface area (Å²) >= 11 is 0. The number of halogens is 1. The van der Waals surface area contributed by atoms with Gasteiger partial charge in [0, 0.05) is 24.7 Å². The van der Waals surface area contributed by atoms with Crippen LogP contribution in [0.4, 0.5) is 10.1 Å². The second-order valence-corrected chi connectivity index (χ2v) is 3.87. The highest BCUT2D eigenvalue weighted by Gasteiger charge is 2.11. The van der Waals surface area contributed by atoms with Crippen LogP contribution >= 0.6 is 0 Å². The lowest BCUT2D eigenvalue weighted by atomic mass is 10.1. The van der Waals surface area contributed by atoms with Crippen LogP contribution in [0.15, 0.2) is 24.3 Å². The van der Waals surface area contributed by atoms with E-state index in [1.165, 1.54) is 12.1 Å². The van der Waals surface area contributed by atoms with E-state index in [0.29, 0.717) is 6.54 Å². The Bertz CT molecular complexity index is 348. The predicted octanol–water partition coefficient (Wildman–Crippen LogP) is 2.22. The summed E-state index contributed by atoms with van der Waals surface area (Å²) in [7, 11) is 0. The summed E-state index contributed by atoms with van der Waals surface area (Å²) < 4.78 is 12.8. The van der Waals surface area contributed by atoms with Crippen molar-refractivity contribution in [3.05, 3.63) is 30.1 Å². The van der Waals surface area contributed by atoms with E-state index in [1.54, 1.807) is 12.1 Å². The maximum absolute atomic E-state index is 12.8. The molecular formula is C12H18FN3. The van der Waals surface area contributed by atoms with Gasteiger partial charge >= 0.3 is 0 Å². The van der Waals surface area contributed by atoms with Crippen LogP contribution in [0.25, 0.3) is 0 Å². The molecule has 3 nitrogen and oxygen atoms in total. The molecule has 1 unspecified atom stereocenters. The van der Waals surface area contributed by atoms with Crippen LogP contribution in [0.5, 0.6) is 0 Å². The second kappa shape index (κ2) is 5.49. The van der Waals surface area contributed by atoms with Crippen molar-refractivity contribution in [3.63, 3.8) is 0 Å². The highest BCUT2D eigenvalue weighted by atomic mass is 19.1. The van der Waals surface area contributed by atoms with Crippen molar-refractivity contribution in [1.82, 2.24) is 0 Å². The van der Waals surface area contributed by atoms with Crippen LogP contribution in [-0.2, 0) is 0 Å². The van der Waals surface area contributed by atoms with Crippen LogP contribution < -0.4 is 10.6 Å². The van der Waals surface area contributed by atoms with Gasteiger partial charge in [0.1, 0.15) is 5.82 Å². The smallest absolute Gasteiger partial charge is 0.123 e. The van der Waals surface area contributed by atoms with Crippen LogP contribution in [0.1, 0.15) is 13.8 Å². The first-order valence-corrected chi connectivity index (χ1v) is 5.39. The number of hydrogen-bond donors (Lipinski definition) is 2. The molecule has 0 spiro atoms. The van der Waals surface area contributed by atoms with Gasteiger partial charge in [0.05, 0.1) is 5.84 Å². The van der Waals surface area contributed by atoms with E-state index in [0.717, 1.165) is 12.2 Å². The van der Waals surface area contributed by atoms with Crippen molar-refractivity contribution < 1.29 is 4.39 Å². The van der Waals surface area contributed by atoms with E-state index in [2.05, 4.69) is 4.90 Å². The standard InChI is InChI=1S/C12H18FN3/c1-3-16(8-9(2)12(14)15)11-6-4-10(13)5-7-11/h4-7,9H,3,8H2,1-2H3,(H3,14,15). The normalized spacial score (nSPS) is 12.2. The summed E-state index contributed by atoms with van der Waals surface area (Å²) in [5, 5.41) is 7.36. The number of nitrogens with zero attached hydrogens (tertiary/aromatic N) is 1.